The van der Waals surface area contributed by atoms with E-state index >= 15 is 0 Å². The summed E-state index contributed by atoms with van der Waals surface area (Å²) in [5.41, 5.74) is 3.80. The van der Waals surface area contributed by atoms with Crippen LogP contribution in [0.3, 0.4) is 0 Å². The lowest BCUT2D eigenvalue weighted by atomic mass is 10.0. The van der Waals surface area contributed by atoms with Crippen molar-refractivity contribution in [1.82, 2.24) is 15.5 Å². The molecule has 0 aliphatic carbocycles. The highest BCUT2D eigenvalue weighted by atomic mass is 16.5. The Hall–Kier alpha value is -2.70. The molecule has 2 N–H and O–H groups in total. The van der Waals surface area contributed by atoms with Crippen molar-refractivity contribution in [2.75, 3.05) is 39.4 Å². The molecule has 3 rings (SSSR count). The number of ether oxygens (including phenoxy) is 1. The van der Waals surface area contributed by atoms with E-state index in [0.717, 1.165) is 24.2 Å². The average molecular weight is 396 g/mol. The van der Waals surface area contributed by atoms with Gasteiger partial charge in [-0.1, -0.05) is 47.5 Å². The van der Waals surface area contributed by atoms with E-state index in [9.17, 15) is 9.59 Å². The molecular weight excluding hydrogens is 366 g/mol. The third-order valence-corrected chi connectivity index (χ3v) is 5.05. The average Bonchev–Trinajstić information content (AvgIpc) is 2.73. The highest BCUT2D eigenvalue weighted by Gasteiger charge is 2.20. The van der Waals surface area contributed by atoms with Crippen LogP contribution in [0.15, 0.2) is 48.5 Å². The Labute approximate surface area is 172 Å². The van der Waals surface area contributed by atoms with Crippen LogP contribution in [0.25, 0.3) is 0 Å². The van der Waals surface area contributed by atoms with E-state index in [1.165, 1.54) is 5.56 Å². The standard InChI is InChI=1S/C23H29N3O3/c1-17-6-8-19(9-7-17)21(16-26-10-12-29-13-11-26)25-22(27)15-24-23(28)20-5-3-4-18(2)14-20/h3-9,14,21H,10-13,15-16H2,1-2H3,(H,24,28)(H,25,27)/t21-/m0/s1. The summed E-state index contributed by atoms with van der Waals surface area (Å²) in [7, 11) is 0. The first kappa shape index (κ1) is 21.0. The molecule has 0 bridgehead atoms. The maximum Gasteiger partial charge on any atom is 0.251 e. The maximum absolute atomic E-state index is 12.6. The number of aryl methyl sites for hydroxylation is 2. The van der Waals surface area contributed by atoms with Crippen LogP contribution in [0.5, 0.6) is 0 Å². The van der Waals surface area contributed by atoms with Crippen LogP contribution >= 0.6 is 0 Å². The lowest BCUT2D eigenvalue weighted by molar-refractivity contribution is -0.121. The summed E-state index contributed by atoms with van der Waals surface area (Å²) in [6, 6.07) is 15.4. The molecule has 1 aliphatic heterocycles. The highest BCUT2D eigenvalue weighted by molar-refractivity contribution is 5.96. The Balaban J connectivity index is 1.60. The molecule has 29 heavy (non-hydrogen) atoms. The molecule has 154 valence electrons. The third kappa shape index (κ3) is 6.41. The first-order valence-corrected chi connectivity index (χ1v) is 10.0. The van der Waals surface area contributed by atoms with Gasteiger partial charge in [0.05, 0.1) is 25.8 Å². The van der Waals surface area contributed by atoms with E-state index in [1.54, 1.807) is 12.1 Å². The first-order chi connectivity index (χ1) is 14.0. The first-order valence-electron chi connectivity index (χ1n) is 10.0. The number of amides is 2. The van der Waals surface area contributed by atoms with Crippen molar-refractivity contribution in [3.05, 3.63) is 70.8 Å². The second kappa shape index (κ2) is 10.2. The molecule has 1 fully saturated rings. The molecule has 0 unspecified atom stereocenters. The van der Waals surface area contributed by atoms with Crippen LogP contribution in [0, 0.1) is 13.8 Å². The molecule has 1 heterocycles. The summed E-state index contributed by atoms with van der Waals surface area (Å²) < 4.78 is 5.42. The van der Waals surface area contributed by atoms with E-state index in [-0.39, 0.29) is 24.4 Å². The van der Waals surface area contributed by atoms with Crippen molar-refractivity contribution in [3.8, 4) is 0 Å². The zero-order valence-corrected chi connectivity index (χ0v) is 17.1. The number of nitrogens with zero attached hydrogens (tertiary/aromatic N) is 1. The summed E-state index contributed by atoms with van der Waals surface area (Å²) in [5, 5.41) is 5.79. The topological polar surface area (TPSA) is 70.7 Å². The van der Waals surface area contributed by atoms with Crippen molar-refractivity contribution in [1.29, 1.82) is 0 Å². The summed E-state index contributed by atoms with van der Waals surface area (Å²) >= 11 is 0. The second-order valence-corrected chi connectivity index (χ2v) is 7.50. The summed E-state index contributed by atoms with van der Waals surface area (Å²) in [6.45, 7) is 7.75. The number of carbonyl (C=O) groups is 2. The molecule has 0 spiro atoms. The van der Waals surface area contributed by atoms with Gasteiger partial charge in [-0.2, -0.15) is 0 Å². The van der Waals surface area contributed by atoms with E-state index in [0.29, 0.717) is 25.3 Å². The van der Waals surface area contributed by atoms with Gasteiger partial charge in [-0.3, -0.25) is 14.5 Å². The molecule has 1 aliphatic rings. The summed E-state index contributed by atoms with van der Waals surface area (Å²) in [5.74, 6) is -0.450. The predicted octanol–water partition coefficient (Wildman–Crippen LogP) is 2.22. The number of nitrogens with one attached hydrogen (secondary N) is 2. The molecule has 6 nitrogen and oxygen atoms in total. The van der Waals surface area contributed by atoms with Crippen LogP contribution in [-0.4, -0.2) is 56.1 Å². The largest absolute Gasteiger partial charge is 0.379 e. The maximum atomic E-state index is 12.6. The van der Waals surface area contributed by atoms with Gasteiger partial charge in [0, 0.05) is 25.2 Å². The molecule has 0 saturated carbocycles. The Morgan fingerprint density at radius 3 is 2.45 bits per heavy atom. The summed E-state index contributed by atoms with van der Waals surface area (Å²) in [6.07, 6.45) is 0. The quantitative estimate of drug-likeness (QED) is 0.754. The number of hydrogen-bond donors (Lipinski definition) is 2. The third-order valence-electron chi connectivity index (χ3n) is 5.05. The van der Waals surface area contributed by atoms with Crippen molar-refractivity contribution in [3.63, 3.8) is 0 Å². The summed E-state index contributed by atoms with van der Waals surface area (Å²) in [4.78, 5) is 27.2. The number of carbonyl (C=O) groups excluding carboxylic acids is 2. The van der Waals surface area contributed by atoms with Crippen molar-refractivity contribution in [2.45, 2.75) is 19.9 Å². The molecule has 2 amide bonds. The lowest BCUT2D eigenvalue weighted by Crippen LogP contribution is -2.45. The predicted molar refractivity (Wildman–Crippen MR) is 113 cm³/mol. The van der Waals surface area contributed by atoms with Crippen LogP contribution in [-0.2, 0) is 9.53 Å². The number of morpholine rings is 1. The molecular formula is C23H29N3O3. The molecule has 1 atom stereocenters. The lowest BCUT2D eigenvalue weighted by Gasteiger charge is -2.31. The number of benzene rings is 2. The molecule has 2 aromatic carbocycles. The minimum atomic E-state index is -0.246. The fourth-order valence-corrected chi connectivity index (χ4v) is 3.37. The normalized spacial score (nSPS) is 15.5. The SMILES string of the molecule is Cc1ccc([C@H](CN2CCOCC2)NC(=O)CNC(=O)c2cccc(C)c2)cc1. The molecule has 6 heteroatoms. The van der Waals surface area contributed by atoms with Gasteiger partial charge in [0.15, 0.2) is 0 Å². The van der Waals surface area contributed by atoms with Gasteiger partial charge in [-0.25, -0.2) is 0 Å². The smallest absolute Gasteiger partial charge is 0.251 e. The van der Waals surface area contributed by atoms with Gasteiger partial charge in [-0.15, -0.1) is 0 Å². The fourth-order valence-electron chi connectivity index (χ4n) is 3.37. The fraction of sp³-hybridized carbons (Fsp3) is 0.391. The molecule has 0 radical (unpaired) electrons. The Kier molecular flexibility index (Phi) is 7.38. The second-order valence-electron chi connectivity index (χ2n) is 7.50. The minimum Gasteiger partial charge on any atom is -0.379 e. The Morgan fingerprint density at radius 2 is 1.76 bits per heavy atom. The number of hydrogen-bond acceptors (Lipinski definition) is 4. The van der Waals surface area contributed by atoms with E-state index in [2.05, 4.69) is 15.5 Å². The van der Waals surface area contributed by atoms with E-state index in [1.807, 2.05) is 50.2 Å². The molecule has 1 saturated heterocycles. The van der Waals surface area contributed by atoms with Crippen molar-refractivity contribution < 1.29 is 14.3 Å². The molecule has 0 aromatic heterocycles. The Morgan fingerprint density at radius 1 is 1.03 bits per heavy atom. The van der Waals surface area contributed by atoms with Crippen LogP contribution in [0.1, 0.15) is 33.1 Å². The van der Waals surface area contributed by atoms with Crippen molar-refractivity contribution >= 4 is 11.8 Å². The molecule has 2 aromatic rings. The van der Waals surface area contributed by atoms with Gasteiger partial charge in [0.2, 0.25) is 5.91 Å². The Bertz CT molecular complexity index is 830. The van der Waals surface area contributed by atoms with Gasteiger partial charge < -0.3 is 15.4 Å². The van der Waals surface area contributed by atoms with Gasteiger partial charge in [0.25, 0.3) is 5.91 Å². The van der Waals surface area contributed by atoms with Gasteiger partial charge in [-0.05, 0) is 31.5 Å². The number of rotatable bonds is 7. The van der Waals surface area contributed by atoms with E-state index in [4.69, 9.17) is 4.74 Å². The zero-order valence-electron chi connectivity index (χ0n) is 17.1. The van der Waals surface area contributed by atoms with Crippen LogP contribution < -0.4 is 10.6 Å². The van der Waals surface area contributed by atoms with Crippen LogP contribution in [0.4, 0.5) is 0 Å². The van der Waals surface area contributed by atoms with Gasteiger partial charge in [0.1, 0.15) is 0 Å². The monoisotopic (exact) mass is 395 g/mol. The van der Waals surface area contributed by atoms with Crippen LogP contribution in [0.2, 0.25) is 0 Å². The van der Waals surface area contributed by atoms with E-state index < -0.39 is 0 Å². The minimum absolute atomic E-state index is 0.0573. The van der Waals surface area contributed by atoms with Gasteiger partial charge >= 0.3 is 0 Å². The van der Waals surface area contributed by atoms with Crippen molar-refractivity contribution in [2.24, 2.45) is 0 Å². The zero-order chi connectivity index (χ0) is 20.6. The highest BCUT2D eigenvalue weighted by Crippen LogP contribution is 2.16.